The number of hydrogen-bond acceptors (Lipinski definition) is 4. The van der Waals surface area contributed by atoms with Crippen molar-refractivity contribution >= 4 is 28.8 Å². The molecular weight excluding hydrogens is 286 g/mol. The number of benzene rings is 1. The third kappa shape index (κ3) is 3.88. The van der Waals surface area contributed by atoms with Crippen LogP contribution in [0.2, 0.25) is 5.02 Å². The zero-order valence-electron chi connectivity index (χ0n) is 11.3. The maximum Gasteiger partial charge on any atom is 0.205 e. The van der Waals surface area contributed by atoms with Gasteiger partial charge in [0, 0.05) is 0 Å². The first-order valence-electron chi connectivity index (χ1n) is 5.80. The second-order valence-electron chi connectivity index (χ2n) is 3.94. The summed E-state index contributed by atoms with van der Waals surface area (Å²) in [5, 5.41) is 0.491. The van der Waals surface area contributed by atoms with E-state index in [0.29, 0.717) is 33.7 Å². The number of aryl methyl sites for hydroxylation is 1. The smallest absolute Gasteiger partial charge is 0.205 e. The van der Waals surface area contributed by atoms with Crippen molar-refractivity contribution < 1.29 is 14.2 Å². The normalized spacial score (nSPS) is 10.1. The van der Waals surface area contributed by atoms with Gasteiger partial charge in [0.2, 0.25) is 5.75 Å². The van der Waals surface area contributed by atoms with E-state index in [2.05, 4.69) is 0 Å². The molecule has 1 rings (SSSR count). The van der Waals surface area contributed by atoms with Gasteiger partial charge in [-0.25, -0.2) is 0 Å². The summed E-state index contributed by atoms with van der Waals surface area (Å²) in [5.74, 6) is 1.61. The summed E-state index contributed by atoms with van der Waals surface area (Å²) in [6.07, 6.45) is 2.27. The Balaban J connectivity index is 3.09. The second-order valence-corrected chi connectivity index (χ2v) is 4.87. The molecule has 0 aliphatic heterocycles. The maximum absolute atomic E-state index is 6.17. The van der Waals surface area contributed by atoms with Crippen LogP contribution >= 0.6 is 23.8 Å². The fourth-order valence-corrected chi connectivity index (χ4v) is 2.32. The Hall–Kier alpha value is -1.20. The molecule has 1 aromatic rings. The molecule has 1 aromatic carbocycles. The van der Waals surface area contributed by atoms with Crippen LogP contribution in [0.3, 0.4) is 0 Å². The fraction of sp³-hybridized carbons (Fsp3) is 0.462. The number of thiocarbonyl (C=S) groups is 1. The number of methoxy groups -OCH3 is 3. The Labute approximate surface area is 123 Å². The quantitative estimate of drug-likeness (QED) is 0.785. The third-order valence-corrected chi connectivity index (χ3v) is 3.19. The minimum atomic E-state index is 0.471. The van der Waals surface area contributed by atoms with Gasteiger partial charge in [0.05, 0.1) is 31.3 Å². The molecule has 0 saturated carbocycles. The highest BCUT2D eigenvalue weighted by molar-refractivity contribution is 7.80. The third-order valence-electron chi connectivity index (χ3n) is 2.70. The van der Waals surface area contributed by atoms with Crippen molar-refractivity contribution in [2.24, 2.45) is 5.73 Å². The van der Waals surface area contributed by atoms with E-state index in [4.69, 9.17) is 43.8 Å². The van der Waals surface area contributed by atoms with Gasteiger partial charge in [0.25, 0.3) is 0 Å². The minimum absolute atomic E-state index is 0.471. The van der Waals surface area contributed by atoms with E-state index in [1.54, 1.807) is 14.2 Å². The SMILES string of the molecule is COc1c(Cl)cc(CCCC(N)=S)c(OC)c1OC. The molecule has 0 unspecified atom stereocenters. The van der Waals surface area contributed by atoms with E-state index in [9.17, 15) is 0 Å². The van der Waals surface area contributed by atoms with Crippen molar-refractivity contribution in [2.75, 3.05) is 21.3 Å². The molecule has 0 atom stereocenters. The Morgan fingerprint density at radius 2 is 1.74 bits per heavy atom. The van der Waals surface area contributed by atoms with Crippen molar-refractivity contribution in [1.29, 1.82) is 0 Å². The van der Waals surface area contributed by atoms with Crippen LogP contribution in [0.4, 0.5) is 0 Å². The molecular formula is C13H18ClNO3S. The summed E-state index contributed by atoms with van der Waals surface area (Å²) in [5.41, 5.74) is 6.43. The van der Waals surface area contributed by atoms with Crippen molar-refractivity contribution in [1.82, 2.24) is 0 Å². The van der Waals surface area contributed by atoms with Crippen LogP contribution in [0.1, 0.15) is 18.4 Å². The van der Waals surface area contributed by atoms with Crippen LogP contribution in [0.15, 0.2) is 6.07 Å². The standard InChI is InChI=1S/C13H18ClNO3S/c1-16-11-8(5-4-6-10(15)19)7-9(14)12(17-2)13(11)18-3/h7H,4-6H2,1-3H3,(H2,15,19). The van der Waals surface area contributed by atoms with Gasteiger partial charge in [-0.15, -0.1) is 0 Å². The molecule has 0 heterocycles. The van der Waals surface area contributed by atoms with Gasteiger partial charge in [0.15, 0.2) is 11.5 Å². The van der Waals surface area contributed by atoms with Crippen LogP contribution < -0.4 is 19.9 Å². The maximum atomic E-state index is 6.17. The monoisotopic (exact) mass is 303 g/mol. The molecule has 0 spiro atoms. The number of ether oxygens (including phenoxy) is 3. The van der Waals surface area contributed by atoms with Crippen molar-refractivity contribution in [3.05, 3.63) is 16.7 Å². The molecule has 6 heteroatoms. The van der Waals surface area contributed by atoms with Crippen LogP contribution in [-0.2, 0) is 6.42 Å². The van der Waals surface area contributed by atoms with Gasteiger partial charge in [-0.05, 0) is 30.9 Å². The molecule has 19 heavy (non-hydrogen) atoms. The van der Waals surface area contributed by atoms with Gasteiger partial charge >= 0.3 is 0 Å². The number of hydrogen-bond donors (Lipinski definition) is 1. The minimum Gasteiger partial charge on any atom is -0.492 e. The van der Waals surface area contributed by atoms with E-state index in [-0.39, 0.29) is 0 Å². The molecule has 0 aliphatic carbocycles. The average Bonchev–Trinajstić information content (AvgIpc) is 2.37. The first-order valence-corrected chi connectivity index (χ1v) is 6.59. The highest BCUT2D eigenvalue weighted by Crippen LogP contribution is 2.45. The zero-order valence-corrected chi connectivity index (χ0v) is 12.9. The molecule has 0 aliphatic rings. The van der Waals surface area contributed by atoms with E-state index in [0.717, 1.165) is 18.4 Å². The van der Waals surface area contributed by atoms with E-state index >= 15 is 0 Å². The Morgan fingerprint density at radius 1 is 1.16 bits per heavy atom. The molecule has 0 aromatic heterocycles. The first-order chi connectivity index (χ1) is 9.04. The molecule has 0 fully saturated rings. The summed E-state index contributed by atoms with van der Waals surface area (Å²) >= 11 is 11.0. The summed E-state index contributed by atoms with van der Waals surface area (Å²) in [6, 6.07) is 1.82. The van der Waals surface area contributed by atoms with Gasteiger partial charge in [-0.2, -0.15) is 0 Å². The van der Waals surface area contributed by atoms with Gasteiger partial charge < -0.3 is 19.9 Å². The molecule has 4 nitrogen and oxygen atoms in total. The lowest BCUT2D eigenvalue weighted by Gasteiger charge is -2.17. The second kappa shape index (κ2) is 7.40. The number of nitrogens with two attached hydrogens (primary N) is 1. The topological polar surface area (TPSA) is 53.7 Å². The summed E-state index contributed by atoms with van der Waals surface area (Å²) in [4.78, 5) is 0.505. The highest BCUT2D eigenvalue weighted by Gasteiger charge is 2.19. The van der Waals surface area contributed by atoms with Crippen LogP contribution in [-0.4, -0.2) is 26.3 Å². The fourth-order valence-electron chi connectivity index (χ4n) is 1.88. The van der Waals surface area contributed by atoms with Gasteiger partial charge in [0.1, 0.15) is 0 Å². The molecule has 0 bridgehead atoms. The molecule has 0 saturated heterocycles. The molecule has 0 radical (unpaired) electrons. The van der Waals surface area contributed by atoms with Crippen LogP contribution in [0.5, 0.6) is 17.2 Å². The Morgan fingerprint density at radius 3 is 2.21 bits per heavy atom. The first kappa shape index (κ1) is 15.9. The molecule has 0 amide bonds. The van der Waals surface area contributed by atoms with Gasteiger partial charge in [-0.1, -0.05) is 23.8 Å². The van der Waals surface area contributed by atoms with Crippen molar-refractivity contribution in [3.8, 4) is 17.2 Å². The Bertz CT molecular complexity index is 466. The highest BCUT2D eigenvalue weighted by atomic mass is 35.5. The average molecular weight is 304 g/mol. The van der Waals surface area contributed by atoms with Gasteiger partial charge in [-0.3, -0.25) is 0 Å². The number of rotatable bonds is 7. The van der Waals surface area contributed by atoms with Crippen LogP contribution in [0, 0.1) is 0 Å². The molecule has 106 valence electrons. The number of halogens is 1. The van der Waals surface area contributed by atoms with Crippen molar-refractivity contribution in [3.63, 3.8) is 0 Å². The predicted octanol–water partition coefficient (Wildman–Crippen LogP) is 2.97. The lowest BCUT2D eigenvalue weighted by Crippen LogP contribution is -2.08. The largest absolute Gasteiger partial charge is 0.492 e. The summed E-state index contributed by atoms with van der Waals surface area (Å²) in [7, 11) is 4.67. The predicted molar refractivity (Wildman–Crippen MR) is 80.8 cm³/mol. The van der Waals surface area contributed by atoms with E-state index in [1.165, 1.54) is 7.11 Å². The lowest BCUT2D eigenvalue weighted by atomic mass is 10.1. The van der Waals surface area contributed by atoms with Crippen molar-refractivity contribution in [2.45, 2.75) is 19.3 Å². The van der Waals surface area contributed by atoms with E-state index < -0.39 is 0 Å². The Kier molecular flexibility index (Phi) is 6.18. The molecule has 2 N–H and O–H groups in total. The summed E-state index contributed by atoms with van der Waals surface area (Å²) in [6.45, 7) is 0. The van der Waals surface area contributed by atoms with Crippen LogP contribution in [0.25, 0.3) is 0 Å². The lowest BCUT2D eigenvalue weighted by molar-refractivity contribution is 0.322. The van der Waals surface area contributed by atoms with E-state index in [1.807, 2.05) is 6.07 Å². The zero-order chi connectivity index (χ0) is 14.4. The summed E-state index contributed by atoms with van der Waals surface area (Å²) < 4.78 is 15.9.